The van der Waals surface area contributed by atoms with E-state index in [4.69, 9.17) is 4.74 Å². The first-order chi connectivity index (χ1) is 17.3. The van der Waals surface area contributed by atoms with Gasteiger partial charge in [0.1, 0.15) is 0 Å². The fraction of sp³-hybridized carbons (Fsp3) is 0.481. The van der Waals surface area contributed by atoms with E-state index in [0.717, 1.165) is 35.9 Å². The maximum absolute atomic E-state index is 13.3. The molecule has 0 spiro atoms. The Morgan fingerprint density at radius 2 is 1.83 bits per heavy atom. The number of aromatic nitrogens is 1. The third-order valence-corrected chi connectivity index (χ3v) is 9.92. The number of aryl methyl sites for hydroxylation is 2. The zero-order valence-electron chi connectivity index (χ0n) is 21.5. The number of benzene rings is 2. The highest BCUT2D eigenvalue weighted by atomic mass is 32.2. The molecule has 1 saturated heterocycles. The highest BCUT2D eigenvalue weighted by Crippen LogP contribution is 2.27. The minimum atomic E-state index is -3.59. The Bertz CT molecular complexity index is 1410. The second-order valence-corrected chi connectivity index (χ2v) is 12.2. The van der Waals surface area contributed by atoms with E-state index < -0.39 is 15.9 Å². The van der Waals surface area contributed by atoms with Crippen LogP contribution in [0.3, 0.4) is 0 Å². The molecule has 36 heavy (non-hydrogen) atoms. The van der Waals surface area contributed by atoms with Crippen molar-refractivity contribution < 1.29 is 17.9 Å². The van der Waals surface area contributed by atoms with E-state index in [1.807, 2.05) is 18.4 Å². The van der Waals surface area contributed by atoms with Gasteiger partial charge in [0.05, 0.1) is 21.7 Å². The molecule has 4 rings (SSSR count). The SMILES string of the molecule is CCOCCn1c(=NC(=O)c2ccc(S(=O)(=O)N3CCCCC3CC)cc2)sc2cc(C)c(C)cc21. The first-order valence-corrected chi connectivity index (χ1v) is 14.9. The number of ether oxygens (including phenoxy) is 1. The number of fused-ring (bicyclic) bond motifs is 1. The molecular weight excluding hydrogens is 494 g/mol. The van der Waals surface area contributed by atoms with Gasteiger partial charge in [0.25, 0.3) is 5.91 Å². The number of carbonyl (C=O) groups is 1. The molecule has 2 heterocycles. The van der Waals surface area contributed by atoms with Crippen LogP contribution >= 0.6 is 11.3 Å². The average molecular weight is 530 g/mol. The minimum Gasteiger partial charge on any atom is -0.380 e. The molecule has 7 nitrogen and oxygen atoms in total. The molecule has 1 aromatic heterocycles. The standard InChI is InChI=1S/C27H35N3O4S2/c1-5-22-9-7-8-14-30(22)36(32,33)23-12-10-21(11-13-23)26(31)28-27-29(15-16-34-6-2)24-17-19(3)20(4)18-25(24)35-27/h10-13,17-18,22H,5-9,14-16H2,1-4H3. The van der Waals surface area contributed by atoms with E-state index in [9.17, 15) is 13.2 Å². The lowest BCUT2D eigenvalue weighted by molar-refractivity contribution is 0.0996. The number of rotatable bonds is 8. The quantitative estimate of drug-likeness (QED) is 0.383. The Balaban J connectivity index is 1.65. The zero-order chi connectivity index (χ0) is 25.9. The van der Waals surface area contributed by atoms with Gasteiger partial charge in [-0.3, -0.25) is 4.79 Å². The van der Waals surface area contributed by atoms with Gasteiger partial charge in [-0.05, 0) is 87.6 Å². The molecule has 1 amide bonds. The van der Waals surface area contributed by atoms with Crippen molar-refractivity contribution in [1.82, 2.24) is 8.87 Å². The van der Waals surface area contributed by atoms with Crippen LogP contribution in [-0.2, 0) is 21.3 Å². The summed E-state index contributed by atoms with van der Waals surface area (Å²) in [5.41, 5.74) is 3.76. The molecule has 0 saturated carbocycles. The minimum absolute atomic E-state index is 0.0347. The third-order valence-electron chi connectivity index (χ3n) is 6.91. The summed E-state index contributed by atoms with van der Waals surface area (Å²) in [6.07, 6.45) is 3.62. The maximum atomic E-state index is 13.3. The van der Waals surface area contributed by atoms with Gasteiger partial charge >= 0.3 is 0 Å². The van der Waals surface area contributed by atoms with Crippen LogP contribution in [0.5, 0.6) is 0 Å². The number of hydrogen-bond acceptors (Lipinski definition) is 5. The van der Waals surface area contributed by atoms with Crippen LogP contribution in [0.4, 0.5) is 0 Å². The van der Waals surface area contributed by atoms with Crippen molar-refractivity contribution in [3.05, 3.63) is 57.9 Å². The predicted molar refractivity (Wildman–Crippen MR) is 144 cm³/mol. The summed E-state index contributed by atoms with van der Waals surface area (Å²) in [5, 5.41) is 0. The van der Waals surface area contributed by atoms with E-state index in [1.54, 1.807) is 16.4 Å². The van der Waals surface area contributed by atoms with Crippen molar-refractivity contribution in [2.45, 2.75) is 70.9 Å². The van der Waals surface area contributed by atoms with E-state index in [-0.39, 0.29) is 10.9 Å². The molecule has 1 unspecified atom stereocenters. The predicted octanol–water partition coefficient (Wildman–Crippen LogP) is 5.05. The third kappa shape index (κ3) is 5.49. The van der Waals surface area contributed by atoms with Gasteiger partial charge in [-0.1, -0.05) is 24.7 Å². The van der Waals surface area contributed by atoms with Crippen LogP contribution in [-0.4, -0.2) is 49.0 Å². The number of amides is 1. The van der Waals surface area contributed by atoms with E-state index in [2.05, 4.69) is 31.0 Å². The molecule has 194 valence electrons. The Morgan fingerprint density at radius 3 is 2.53 bits per heavy atom. The Labute approximate surface area is 217 Å². The fourth-order valence-electron chi connectivity index (χ4n) is 4.68. The molecule has 0 N–H and O–H groups in total. The summed E-state index contributed by atoms with van der Waals surface area (Å²) in [4.78, 5) is 18.4. The normalized spacial score (nSPS) is 17.7. The average Bonchev–Trinajstić information content (AvgIpc) is 3.19. The second kappa shape index (κ2) is 11.4. The van der Waals surface area contributed by atoms with Crippen molar-refractivity contribution in [2.75, 3.05) is 19.8 Å². The topological polar surface area (TPSA) is 81.0 Å². The molecule has 1 fully saturated rings. The van der Waals surface area contributed by atoms with Crippen LogP contribution in [0.1, 0.15) is 61.0 Å². The van der Waals surface area contributed by atoms with E-state index in [0.29, 0.717) is 36.7 Å². The van der Waals surface area contributed by atoms with Crippen LogP contribution < -0.4 is 4.80 Å². The van der Waals surface area contributed by atoms with Crippen molar-refractivity contribution >= 4 is 37.5 Å². The lowest BCUT2D eigenvalue weighted by Crippen LogP contribution is -2.43. The monoisotopic (exact) mass is 529 g/mol. The van der Waals surface area contributed by atoms with Crippen molar-refractivity contribution in [3.63, 3.8) is 0 Å². The van der Waals surface area contributed by atoms with Gasteiger partial charge in [-0.25, -0.2) is 8.42 Å². The summed E-state index contributed by atoms with van der Waals surface area (Å²) in [6, 6.07) is 10.5. The molecule has 1 aliphatic rings. The van der Waals surface area contributed by atoms with E-state index >= 15 is 0 Å². The highest BCUT2D eigenvalue weighted by Gasteiger charge is 2.32. The lowest BCUT2D eigenvalue weighted by Gasteiger charge is -2.34. The number of thiazole rings is 1. The maximum Gasteiger partial charge on any atom is 0.279 e. The fourth-order valence-corrected chi connectivity index (χ4v) is 7.58. The van der Waals surface area contributed by atoms with Crippen molar-refractivity contribution in [1.29, 1.82) is 0 Å². The summed E-state index contributed by atoms with van der Waals surface area (Å²) in [6.45, 7) is 10.4. The number of sulfonamides is 1. The van der Waals surface area contributed by atoms with Gasteiger partial charge in [0.15, 0.2) is 4.80 Å². The van der Waals surface area contributed by atoms with E-state index in [1.165, 1.54) is 34.6 Å². The molecule has 1 atom stereocenters. The lowest BCUT2D eigenvalue weighted by atomic mass is 10.0. The molecule has 0 radical (unpaired) electrons. The highest BCUT2D eigenvalue weighted by molar-refractivity contribution is 7.89. The Kier molecular flexibility index (Phi) is 8.44. The summed E-state index contributed by atoms with van der Waals surface area (Å²) < 4.78 is 36.8. The van der Waals surface area contributed by atoms with Crippen LogP contribution in [0.15, 0.2) is 46.3 Å². The van der Waals surface area contributed by atoms with Gasteiger partial charge in [-0.2, -0.15) is 9.30 Å². The van der Waals surface area contributed by atoms with Gasteiger partial charge < -0.3 is 9.30 Å². The first kappa shape index (κ1) is 26.7. The van der Waals surface area contributed by atoms with Crippen LogP contribution in [0.2, 0.25) is 0 Å². The van der Waals surface area contributed by atoms with Crippen LogP contribution in [0, 0.1) is 13.8 Å². The van der Waals surface area contributed by atoms with Crippen LogP contribution in [0.25, 0.3) is 10.2 Å². The zero-order valence-corrected chi connectivity index (χ0v) is 23.1. The second-order valence-electron chi connectivity index (χ2n) is 9.25. The molecule has 1 aliphatic heterocycles. The van der Waals surface area contributed by atoms with Crippen molar-refractivity contribution in [2.24, 2.45) is 4.99 Å². The number of piperidine rings is 1. The molecule has 0 bridgehead atoms. The Morgan fingerprint density at radius 1 is 1.11 bits per heavy atom. The molecule has 9 heteroatoms. The molecule has 0 aliphatic carbocycles. The van der Waals surface area contributed by atoms with Gasteiger partial charge in [0, 0.05) is 31.3 Å². The molecule has 3 aromatic rings. The molecular formula is C27H35N3O4S2. The number of hydrogen-bond donors (Lipinski definition) is 0. The smallest absolute Gasteiger partial charge is 0.279 e. The number of nitrogens with zero attached hydrogens (tertiary/aromatic N) is 3. The summed E-state index contributed by atoms with van der Waals surface area (Å²) >= 11 is 1.47. The van der Waals surface area contributed by atoms with Gasteiger partial charge in [0.2, 0.25) is 10.0 Å². The summed E-state index contributed by atoms with van der Waals surface area (Å²) in [7, 11) is -3.59. The summed E-state index contributed by atoms with van der Waals surface area (Å²) in [5.74, 6) is -0.395. The largest absolute Gasteiger partial charge is 0.380 e. The van der Waals surface area contributed by atoms with Crippen molar-refractivity contribution in [3.8, 4) is 0 Å². The first-order valence-electron chi connectivity index (χ1n) is 12.7. The Hall–Kier alpha value is -2.33. The molecule has 2 aromatic carbocycles. The van der Waals surface area contributed by atoms with Gasteiger partial charge in [-0.15, -0.1) is 0 Å². The number of carbonyl (C=O) groups excluding carboxylic acids is 1.